The van der Waals surface area contributed by atoms with E-state index in [-0.39, 0.29) is 12.1 Å². The molecule has 10 heteroatoms. The zero-order chi connectivity index (χ0) is 24.0. The molecule has 3 amide bonds. The minimum atomic E-state index is -0.650. The highest BCUT2D eigenvalue weighted by Crippen LogP contribution is 2.23. The number of hydrogen-bond donors (Lipinski definition) is 3. The van der Waals surface area contributed by atoms with Crippen molar-refractivity contribution in [1.82, 2.24) is 15.1 Å². The van der Waals surface area contributed by atoms with Gasteiger partial charge in [-0.1, -0.05) is 41.4 Å². The molecule has 4 N–H and O–H groups in total. The van der Waals surface area contributed by atoms with Crippen LogP contribution in [0.15, 0.2) is 54.6 Å². The zero-order valence-electron chi connectivity index (χ0n) is 17.6. The highest BCUT2D eigenvalue weighted by atomic mass is 35.5. The standard InChI is InChI=1S/C23H21Cl2N5O3/c1-14-19(22(25)30(29-14)13-15-5-7-17(24)8-6-15)9-10-21(32)28-18-4-2-3-16(11-18)23(33)27-12-20(26)31/h2-11H,12-13H2,1H3,(H2,26,31)(H,27,33)(H,28,32)/b10-9+. The van der Waals surface area contributed by atoms with Crippen molar-refractivity contribution in [3.63, 3.8) is 0 Å². The van der Waals surface area contributed by atoms with Crippen LogP contribution in [0.25, 0.3) is 6.08 Å². The summed E-state index contributed by atoms with van der Waals surface area (Å²) in [5.41, 5.74) is 8.00. The number of hydrogen-bond acceptors (Lipinski definition) is 4. The Morgan fingerprint density at radius 2 is 1.85 bits per heavy atom. The molecule has 0 saturated heterocycles. The zero-order valence-corrected chi connectivity index (χ0v) is 19.2. The van der Waals surface area contributed by atoms with Crippen LogP contribution in [0.1, 0.15) is 27.2 Å². The number of primary amides is 1. The van der Waals surface area contributed by atoms with Gasteiger partial charge in [0.1, 0.15) is 5.15 Å². The van der Waals surface area contributed by atoms with Crippen LogP contribution in [0, 0.1) is 6.92 Å². The second kappa shape index (κ2) is 10.8. The van der Waals surface area contributed by atoms with Crippen LogP contribution in [-0.2, 0) is 16.1 Å². The molecule has 1 aromatic heterocycles. The average Bonchev–Trinajstić information content (AvgIpc) is 3.04. The molecule has 0 aliphatic carbocycles. The maximum absolute atomic E-state index is 12.4. The molecule has 0 unspecified atom stereocenters. The molecule has 2 aromatic carbocycles. The van der Waals surface area contributed by atoms with Crippen molar-refractivity contribution in [3.05, 3.63) is 87.2 Å². The summed E-state index contributed by atoms with van der Waals surface area (Å²) in [5.74, 6) is -1.54. The summed E-state index contributed by atoms with van der Waals surface area (Å²) in [7, 11) is 0. The summed E-state index contributed by atoms with van der Waals surface area (Å²) in [4.78, 5) is 35.3. The van der Waals surface area contributed by atoms with Crippen LogP contribution in [-0.4, -0.2) is 34.0 Å². The van der Waals surface area contributed by atoms with Crippen LogP contribution < -0.4 is 16.4 Å². The van der Waals surface area contributed by atoms with Gasteiger partial charge in [0.25, 0.3) is 5.91 Å². The Balaban J connectivity index is 1.67. The predicted molar refractivity (Wildman–Crippen MR) is 128 cm³/mol. The second-order valence-electron chi connectivity index (χ2n) is 7.13. The third kappa shape index (κ3) is 6.68. The van der Waals surface area contributed by atoms with Crippen molar-refractivity contribution in [2.75, 3.05) is 11.9 Å². The number of anilines is 1. The Bertz CT molecular complexity index is 1220. The summed E-state index contributed by atoms with van der Waals surface area (Å²) in [6.07, 6.45) is 2.92. The van der Waals surface area contributed by atoms with Crippen LogP contribution >= 0.6 is 23.2 Å². The van der Waals surface area contributed by atoms with E-state index in [1.165, 1.54) is 12.1 Å². The molecule has 170 valence electrons. The molecule has 0 spiro atoms. The number of nitrogens with zero attached hydrogens (tertiary/aromatic N) is 2. The van der Waals surface area contributed by atoms with Gasteiger partial charge in [-0.05, 0) is 48.9 Å². The molecule has 8 nitrogen and oxygen atoms in total. The van der Waals surface area contributed by atoms with Gasteiger partial charge in [-0.2, -0.15) is 5.10 Å². The summed E-state index contributed by atoms with van der Waals surface area (Å²) < 4.78 is 1.64. The second-order valence-corrected chi connectivity index (χ2v) is 7.92. The fourth-order valence-electron chi connectivity index (χ4n) is 2.97. The Labute approximate surface area is 200 Å². The topological polar surface area (TPSA) is 119 Å². The number of aryl methyl sites for hydroxylation is 1. The Kier molecular flexibility index (Phi) is 7.87. The monoisotopic (exact) mass is 485 g/mol. The van der Waals surface area contributed by atoms with Crippen LogP contribution in [0.2, 0.25) is 10.2 Å². The highest BCUT2D eigenvalue weighted by molar-refractivity contribution is 6.31. The molecule has 0 radical (unpaired) electrons. The van der Waals surface area contributed by atoms with Crippen molar-refractivity contribution in [1.29, 1.82) is 0 Å². The Morgan fingerprint density at radius 1 is 1.12 bits per heavy atom. The summed E-state index contributed by atoms with van der Waals surface area (Å²) in [5, 5.41) is 10.6. The van der Waals surface area contributed by atoms with E-state index >= 15 is 0 Å². The number of nitrogens with two attached hydrogens (primary N) is 1. The molecule has 3 rings (SSSR count). The van der Waals surface area contributed by atoms with Gasteiger partial charge >= 0.3 is 0 Å². The van der Waals surface area contributed by atoms with Crippen molar-refractivity contribution in [2.24, 2.45) is 5.73 Å². The van der Waals surface area contributed by atoms with Gasteiger partial charge in [0, 0.05) is 27.9 Å². The quantitative estimate of drug-likeness (QED) is 0.423. The minimum absolute atomic E-state index is 0.274. The SMILES string of the molecule is Cc1nn(Cc2ccc(Cl)cc2)c(Cl)c1/C=C/C(=O)Nc1cccc(C(=O)NCC(N)=O)c1. The molecule has 0 atom stereocenters. The Hall–Kier alpha value is -3.62. The molecular weight excluding hydrogens is 465 g/mol. The van der Waals surface area contributed by atoms with E-state index in [2.05, 4.69) is 15.7 Å². The maximum atomic E-state index is 12.4. The van der Waals surface area contributed by atoms with Gasteiger partial charge in [0.15, 0.2) is 0 Å². The molecule has 0 fully saturated rings. The molecule has 1 heterocycles. The van der Waals surface area contributed by atoms with Crippen LogP contribution in [0.3, 0.4) is 0 Å². The van der Waals surface area contributed by atoms with Gasteiger partial charge in [-0.15, -0.1) is 0 Å². The van der Waals surface area contributed by atoms with Crippen molar-refractivity contribution in [3.8, 4) is 0 Å². The largest absolute Gasteiger partial charge is 0.368 e. The number of halogens is 2. The van der Waals surface area contributed by atoms with Gasteiger partial charge in [-0.3, -0.25) is 14.4 Å². The van der Waals surface area contributed by atoms with E-state index in [0.717, 1.165) is 5.56 Å². The van der Waals surface area contributed by atoms with Crippen molar-refractivity contribution in [2.45, 2.75) is 13.5 Å². The van der Waals surface area contributed by atoms with Crippen LogP contribution in [0.5, 0.6) is 0 Å². The average molecular weight is 486 g/mol. The highest BCUT2D eigenvalue weighted by Gasteiger charge is 2.12. The summed E-state index contributed by atoms with van der Waals surface area (Å²) >= 11 is 12.4. The summed E-state index contributed by atoms with van der Waals surface area (Å²) in [6.45, 7) is 1.99. The number of carbonyl (C=O) groups excluding carboxylic acids is 3. The third-order valence-electron chi connectivity index (χ3n) is 4.57. The van der Waals surface area contributed by atoms with E-state index in [1.54, 1.807) is 48.0 Å². The molecule has 0 bridgehead atoms. The Morgan fingerprint density at radius 3 is 2.55 bits per heavy atom. The fraction of sp³-hybridized carbons (Fsp3) is 0.130. The van der Waals surface area contributed by atoms with Gasteiger partial charge in [0.2, 0.25) is 11.8 Å². The molecular formula is C23H21Cl2N5O3. The van der Waals surface area contributed by atoms with Crippen molar-refractivity contribution >= 4 is 52.7 Å². The third-order valence-corrected chi connectivity index (χ3v) is 5.22. The van der Waals surface area contributed by atoms with E-state index in [1.807, 2.05) is 12.1 Å². The molecule has 3 aromatic rings. The van der Waals surface area contributed by atoms with Gasteiger partial charge in [-0.25, -0.2) is 4.68 Å². The lowest BCUT2D eigenvalue weighted by atomic mass is 10.2. The lowest BCUT2D eigenvalue weighted by Crippen LogP contribution is -2.33. The van der Waals surface area contributed by atoms with Gasteiger partial charge in [0.05, 0.1) is 18.8 Å². The maximum Gasteiger partial charge on any atom is 0.251 e. The smallest absolute Gasteiger partial charge is 0.251 e. The van der Waals surface area contributed by atoms with E-state index in [0.29, 0.717) is 33.7 Å². The molecule has 0 aliphatic rings. The fourth-order valence-corrected chi connectivity index (χ4v) is 3.40. The molecule has 0 saturated carbocycles. The first kappa shape index (κ1) is 24.0. The van der Waals surface area contributed by atoms with E-state index < -0.39 is 17.7 Å². The first-order valence-electron chi connectivity index (χ1n) is 9.86. The number of benzene rings is 2. The van der Waals surface area contributed by atoms with E-state index in [9.17, 15) is 14.4 Å². The van der Waals surface area contributed by atoms with Crippen LogP contribution in [0.4, 0.5) is 5.69 Å². The number of rotatable bonds is 8. The summed E-state index contributed by atoms with van der Waals surface area (Å²) in [6, 6.07) is 13.7. The lowest BCUT2D eigenvalue weighted by molar-refractivity contribution is -0.117. The lowest BCUT2D eigenvalue weighted by Gasteiger charge is -2.06. The van der Waals surface area contributed by atoms with E-state index in [4.69, 9.17) is 28.9 Å². The first-order valence-corrected chi connectivity index (χ1v) is 10.6. The molecule has 0 aliphatic heterocycles. The predicted octanol–water partition coefficient (Wildman–Crippen LogP) is 3.41. The van der Waals surface area contributed by atoms with Crippen molar-refractivity contribution < 1.29 is 14.4 Å². The molecule has 33 heavy (non-hydrogen) atoms. The first-order chi connectivity index (χ1) is 15.7. The number of carbonyl (C=O) groups is 3. The number of amides is 3. The number of nitrogens with one attached hydrogen (secondary N) is 2. The number of aromatic nitrogens is 2. The minimum Gasteiger partial charge on any atom is -0.368 e. The van der Waals surface area contributed by atoms with Gasteiger partial charge < -0.3 is 16.4 Å². The normalized spacial score (nSPS) is 10.9.